The zero-order chi connectivity index (χ0) is 16.1. The van der Waals surface area contributed by atoms with Crippen molar-refractivity contribution in [2.24, 2.45) is 0 Å². The fourth-order valence-electron chi connectivity index (χ4n) is 3.63. The molecule has 1 heteroatoms. The lowest BCUT2D eigenvalue weighted by molar-refractivity contribution is 0.799. The Morgan fingerprint density at radius 3 is 1.55 bits per heavy atom. The van der Waals surface area contributed by atoms with E-state index in [1.807, 2.05) is 12.2 Å². The van der Waals surface area contributed by atoms with Gasteiger partial charge in [-0.2, -0.15) is 0 Å². The van der Waals surface area contributed by atoms with Crippen molar-refractivity contribution in [2.45, 2.75) is 31.6 Å². The van der Waals surface area contributed by atoms with Gasteiger partial charge in [-0.1, -0.05) is 88.3 Å². The van der Waals surface area contributed by atoms with Gasteiger partial charge in [-0.25, -0.2) is 0 Å². The molecule has 2 aromatic carbocycles. The van der Waals surface area contributed by atoms with Crippen LogP contribution in [0.3, 0.4) is 0 Å². The summed E-state index contributed by atoms with van der Waals surface area (Å²) in [7, 11) is -1.49. The molecule has 0 saturated heterocycles. The third kappa shape index (κ3) is 1.89. The maximum atomic E-state index is 3.94. The van der Waals surface area contributed by atoms with Gasteiger partial charge in [0, 0.05) is 5.04 Å². The van der Waals surface area contributed by atoms with Gasteiger partial charge in [-0.3, -0.25) is 0 Å². The van der Waals surface area contributed by atoms with E-state index in [1.165, 1.54) is 33.4 Å². The Labute approximate surface area is 135 Å². The fourth-order valence-corrected chi connectivity index (χ4v) is 5.66. The average Bonchev–Trinajstić information content (AvgIpc) is 2.76. The summed E-state index contributed by atoms with van der Waals surface area (Å²) in [4.78, 5) is 0. The van der Waals surface area contributed by atoms with Crippen LogP contribution >= 0.6 is 0 Å². The first-order valence-corrected chi connectivity index (χ1v) is 11.4. The number of fused-ring (bicyclic) bond motifs is 3. The van der Waals surface area contributed by atoms with Crippen molar-refractivity contribution in [3.63, 3.8) is 0 Å². The van der Waals surface area contributed by atoms with Crippen LogP contribution in [0.25, 0.3) is 23.3 Å². The van der Waals surface area contributed by atoms with Crippen molar-refractivity contribution in [1.82, 2.24) is 0 Å². The van der Waals surface area contributed by atoms with Crippen molar-refractivity contribution in [2.75, 3.05) is 0 Å². The molecule has 0 atom stereocenters. The van der Waals surface area contributed by atoms with Crippen LogP contribution in [0.4, 0.5) is 0 Å². The lowest BCUT2D eigenvalue weighted by Crippen LogP contribution is -2.46. The summed E-state index contributed by atoms with van der Waals surface area (Å²) >= 11 is 0. The predicted molar refractivity (Wildman–Crippen MR) is 102 cm³/mol. The molecule has 0 nitrogen and oxygen atoms in total. The molecule has 2 aromatic rings. The monoisotopic (exact) mass is 304 g/mol. The molecule has 0 aliphatic heterocycles. The van der Waals surface area contributed by atoms with Crippen LogP contribution in [0.2, 0.25) is 19.6 Å². The van der Waals surface area contributed by atoms with Crippen molar-refractivity contribution >= 4 is 20.2 Å². The van der Waals surface area contributed by atoms with Gasteiger partial charge < -0.3 is 0 Å². The third-order valence-corrected chi connectivity index (χ3v) is 8.96. The van der Waals surface area contributed by atoms with Gasteiger partial charge >= 0.3 is 0 Å². The molecule has 0 aromatic heterocycles. The van der Waals surface area contributed by atoms with E-state index in [9.17, 15) is 0 Å². The first kappa shape index (κ1) is 15.0. The highest BCUT2D eigenvalue weighted by molar-refractivity contribution is 6.80. The normalized spacial score (nSPS) is 15.1. The topological polar surface area (TPSA) is 0 Å². The summed E-state index contributed by atoms with van der Waals surface area (Å²) < 4.78 is 0. The highest BCUT2D eigenvalue weighted by Gasteiger charge is 2.48. The molecule has 22 heavy (non-hydrogen) atoms. The maximum absolute atomic E-state index is 3.94. The lowest BCUT2D eigenvalue weighted by atomic mass is 9.95. The molecule has 0 saturated carbocycles. The quantitative estimate of drug-likeness (QED) is 0.598. The zero-order valence-corrected chi connectivity index (χ0v) is 15.0. The minimum absolute atomic E-state index is 0.121. The largest absolute Gasteiger partial charge is 0.0985 e. The summed E-state index contributed by atoms with van der Waals surface area (Å²) in [6.07, 6.45) is 3.89. The summed E-state index contributed by atoms with van der Waals surface area (Å²) in [5.74, 6) is 0. The Kier molecular flexibility index (Phi) is 3.30. The summed E-state index contributed by atoms with van der Waals surface area (Å²) in [5.41, 5.74) is 8.14. The molecule has 0 bridgehead atoms. The predicted octanol–water partition coefficient (Wildman–Crippen LogP) is 6.14. The van der Waals surface area contributed by atoms with Gasteiger partial charge in [0.1, 0.15) is 0 Å². The van der Waals surface area contributed by atoms with E-state index >= 15 is 0 Å². The molecular weight excluding hydrogens is 280 g/mol. The fraction of sp³-hybridized carbons (Fsp3) is 0.238. The third-order valence-electron chi connectivity index (χ3n) is 5.43. The first-order chi connectivity index (χ1) is 10.3. The van der Waals surface area contributed by atoms with Crippen LogP contribution in [0.15, 0.2) is 49.6 Å². The molecule has 0 heterocycles. The molecule has 0 amide bonds. The van der Waals surface area contributed by atoms with E-state index in [0.29, 0.717) is 0 Å². The van der Waals surface area contributed by atoms with Gasteiger partial charge in [-0.05, 0) is 33.4 Å². The van der Waals surface area contributed by atoms with Crippen molar-refractivity contribution in [3.8, 4) is 11.1 Å². The molecule has 0 N–H and O–H groups in total. The first-order valence-electron chi connectivity index (χ1n) is 7.87. The molecular formula is C21H24Si. The van der Waals surface area contributed by atoms with Gasteiger partial charge in [-0.15, -0.1) is 0 Å². The Morgan fingerprint density at radius 2 is 1.23 bits per heavy atom. The molecule has 3 rings (SSSR count). The minimum atomic E-state index is -1.49. The van der Waals surface area contributed by atoms with Crippen LogP contribution in [-0.2, 0) is 5.04 Å². The van der Waals surface area contributed by atoms with Crippen LogP contribution in [0.5, 0.6) is 0 Å². The zero-order valence-electron chi connectivity index (χ0n) is 14.0. The van der Waals surface area contributed by atoms with Gasteiger partial charge in [0.2, 0.25) is 0 Å². The van der Waals surface area contributed by atoms with E-state index in [-0.39, 0.29) is 5.04 Å². The maximum Gasteiger partial charge on any atom is 0.0609 e. The summed E-state index contributed by atoms with van der Waals surface area (Å²) in [5, 5.41) is 0.121. The van der Waals surface area contributed by atoms with Gasteiger partial charge in [0.15, 0.2) is 0 Å². The van der Waals surface area contributed by atoms with Gasteiger partial charge in [0.05, 0.1) is 8.07 Å². The Hall–Kier alpha value is -1.86. The number of benzene rings is 2. The van der Waals surface area contributed by atoms with Crippen molar-refractivity contribution < 1.29 is 0 Å². The SMILES string of the molecule is C=Cc1ccc2c(c1)C(C)([Si](C)(C)C)c1cc(C=C)ccc1-2. The van der Waals surface area contributed by atoms with Crippen LogP contribution < -0.4 is 0 Å². The van der Waals surface area contributed by atoms with Crippen molar-refractivity contribution in [1.29, 1.82) is 0 Å². The molecule has 1 aliphatic carbocycles. The molecule has 0 fully saturated rings. The number of rotatable bonds is 3. The van der Waals surface area contributed by atoms with E-state index < -0.39 is 8.07 Å². The second-order valence-corrected chi connectivity index (χ2v) is 12.9. The Balaban J connectivity index is 2.40. The Bertz CT molecular complexity index is 717. The molecule has 0 unspecified atom stereocenters. The van der Waals surface area contributed by atoms with Crippen molar-refractivity contribution in [3.05, 3.63) is 71.8 Å². The summed E-state index contributed by atoms with van der Waals surface area (Å²) in [6, 6.07) is 13.6. The van der Waals surface area contributed by atoms with Gasteiger partial charge in [0.25, 0.3) is 0 Å². The van der Waals surface area contributed by atoms with E-state index in [4.69, 9.17) is 0 Å². The second-order valence-electron chi connectivity index (χ2n) is 7.39. The number of hydrogen-bond acceptors (Lipinski definition) is 0. The van der Waals surface area contributed by atoms with Crippen LogP contribution in [-0.4, -0.2) is 8.07 Å². The molecule has 1 aliphatic rings. The van der Waals surface area contributed by atoms with Crippen LogP contribution in [0.1, 0.15) is 29.2 Å². The Morgan fingerprint density at radius 1 is 0.818 bits per heavy atom. The number of hydrogen-bond donors (Lipinski definition) is 0. The molecule has 112 valence electrons. The van der Waals surface area contributed by atoms with E-state index in [2.05, 4.69) is 76.1 Å². The smallest absolute Gasteiger partial charge is 0.0609 e. The average molecular weight is 305 g/mol. The highest BCUT2D eigenvalue weighted by atomic mass is 28.3. The second kappa shape index (κ2) is 4.82. The van der Waals surface area contributed by atoms with Crippen LogP contribution in [0, 0.1) is 0 Å². The summed E-state index contributed by atoms with van der Waals surface area (Å²) in [6.45, 7) is 17.7. The molecule has 0 spiro atoms. The van der Waals surface area contributed by atoms with E-state index in [0.717, 1.165) is 0 Å². The minimum Gasteiger partial charge on any atom is -0.0985 e. The van der Waals surface area contributed by atoms with E-state index in [1.54, 1.807) is 0 Å². The highest BCUT2D eigenvalue weighted by Crippen LogP contribution is 2.53. The standard InChI is InChI=1S/C21H24Si/c1-7-15-9-11-17-18-12-10-16(8-2)14-20(18)21(3,19(17)13-15)22(4,5)6/h7-14H,1-2H2,3-6H3. The lowest BCUT2D eigenvalue weighted by Gasteiger charge is -2.39. The molecule has 0 radical (unpaired) electrons.